The Labute approximate surface area is 148 Å². The number of benzene rings is 2. The average molecular weight is 363 g/mol. The number of halogens is 2. The Morgan fingerprint density at radius 1 is 1.29 bits per heavy atom. The van der Waals surface area contributed by atoms with Crippen molar-refractivity contribution in [2.75, 3.05) is 12.4 Å². The van der Waals surface area contributed by atoms with E-state index in [9.17, 15) is 15.2 Å². The molecule has 0 aromatic heterocycles. The fraction of sp³-hybridized carbons (Fsp3) is 0.0588. The molecule has 0 radical (unpaired) electrons. The van der Waals surface area contributed by atoms with Crippen LogP contribution in [0.2, 0.25) is 10.0 Å². The van der Waals surface area contributed by atoms with Crippen molar-refractivity contribution in [1.82, 2.24) is 0 Å². The van der Waals surface area contributed by atoms with Crippen LogP contribution < -0.4 is 10.1 Å². The highest BCUT2D eigenvalue weighted by Crippen LogP contribution is 2.28. The molecule has 2 aromatic rings. The van der Waals surface area contributed by atoms with Crippen LogP contribution in [0, 0.1) is 11.3 Å². The highest BCUT2D eigenvalue weighted by molar-refractivity contribution is 6.36. The minimum absolute atomic E-state index is 0.0955. The fourth-order valence-corrected chi connectivity index (χ4v) is 2.23. The van der Waals surface area contributed by atoms with Gasteiger partial charge in [0.2, 0.25) is 0 Å². The topological polar surface area (TPSA) is 82.3 Å². The number of amides is 1. The number of nitrogens with zero attached hydrogens (tertiary/aromatic N) is 1. The summed E-state index contributed by atoms with van der Waals surface area (Å²) < 4.78 is 4.94. The van der Waals surface area contributed by atoms with Gasteiger partial charge in [-0.15, -0.1) is 0 Å². The summed E-state index contributed by atoms with van der Waals surface area (Å²) in [5, 5.41) is 22.2. The van der Waals surface area contributed by atoms with Gasteiger partial charge in [-0.2, -0.15) is 5.26 Å². The lowest BCUT2D eigenvalue weighted by Crippen LogP contribution is -2.13. The number of hydrogen-bond donors (Lipinski definition) is 2. The first-order valence-electron chi connectivity index (χ1n) is 6.70. The van der Waals surface area contributed by atoms with E-state index in [4.69, 9.17) is 27.9 Å². The molecule has 7 heteroatoms. The van der Waals surface area contributed by atoms with E-state index < -0.39 is 5.91 Å². The standard InChI is InChI=1S/C17H12Cl2N2O3/c1-24-16-5-2-10(7-15(16)22)6-11(9-20)17(23)21-14-8-12(18)3-4-13(14)19/h2-8,22H,1H3,(H,21,23)/b11-6-. The van der Waals surface area contributed by atoms with Gasteiger partial charge in [-0.25, -0.2) is 0 Å². The Morgan fingerprint density at radius 3 is 2.67 bits per heavy atom. The number of methoxy groups -OCH3 is 1. The molecule has 0 fully saturated rings. The van der Waals surface area contributed by atoms with Crippen LogP contribution in [0.4, 0.5) is 5.69 Å². The second-order valence-electron chi connectivity index (χ2n) is 4.68. The Hall–Kier alpha value is -2.68. The molecule has 5 nitrogen and oxygen atoms in total. The largest absolute Gasteiger partial charge is 0.504 e. The zero-order valence-electron chi connectivity index (χ0n) is 12.5. The van der Waals surface area contributed by atoms with Gasteiger partial charge in [0.15, 0.2) is 11.5 Å². The first-order chi connectivity index (χ1) is 11.4. The number of aromatic hydroxyl groups is 1. The third-order valence-electron chi connectivity index (χ3n) is 3.06. The molecule has 2 rings (SSSR count). The van der Waals surface area contributed by atoms with Gasteiger partial charge in [0.1, 0.15) is 11.6 Å². The van der Waals surface area contributed by atoms with Crippen LogP contribution in [-0.4, -0.2) is 18.1 Å². The predicted molar refractivity (Wildman–Crippen MR) is 93.3 cm³/mol. The third-order valence-corrected chi connectivity index (χ3v) is 3.62. The number of rotatable bonds is 4. The van der Waals surface area contributed by atoms with E-state index >= 15 is 0 Å². The van der Waals surface area contributed by atoms with E-state index in [1.54, 1.807) is 12.1 Å². The van der Waals surface area contributed by atoms with Gasteiger partial charge in [-0.05, 0) is 42.0 Å². The van der Waals surface area contributed by atoms with Gasteiger partial charge >= 0.3 is 0 Å². The molecule has 24 heavy (non-hydrogen) atoms. The van der Waals surface area contributed by atoms with Gasteiger partial charge in [0.05, 0.1) is 17.8 Å². The normalized spacial score (nSPS) is 10.8. The highest BCUT2D eigenvalue weighted by Gasteiger charge is 2.12. The molecule has 2 aromatic carbocycles. The molecule has 122 valence electrons. The number of carbonyl (C=O) groups is 1. The van der Waals surface area contributed by atoms with E-state index in [1.165, 1.54) is 37.5 Å². The monoisotopic (exact) mass is 362 g/mol. The van der Waals surface area contributed by atoms with E-state index in [-0.39, 0.29) is 11.3 Å². The molecular formula is C17H12Cl2N2O3. The minimum Gasteiger partial charge on any atom is -0.504 e. The SMILES string of the molecule is COc1ccc(/C=C(/C#N)C(=O)Nc2cc(Cl)ccc2Cl)cc1O. The molecular weight excluding hydrogens is 351 g/mol. The molecule has 0 saturated heterocycles. The Kier molecular flexibility index (Phi) is 5.69. The second-order valence-corrected chi connectivity index (χ2v) is 5.52. The smallest absolute Gasteiger partial charge is 0.266 e. The maximum absolute atomic E-state index is 12.2. The van der Waals surface area contributed by atoms with Gasteiger partial charge in [-0.1, -0.05) is 29.3 Å². The minimum atomic E-state index is -0.642. The first-order valence-corrected chi connectivity index (χ1v) is 7.45. The fourth-order valence-electron chi connectivity index (χ4n) is 1.89. The second kappa shape index (κ2) is 7.73. The first kappa shape index (κ1) is 17.7. The molecule has 0 aliphatic heterocycles. The number of nitrogens with one attached hydrogen (secondary N) is 1. The number of phenolic OH excluding ortho intramolecular Hbond substituents is 1. The van der Waals surface area contributed by atoms with Gasteiger partial charge < -0.3 is 15.2 Å². The number of nitriles is 1. The molecule has 0 bridgehead atoms. The Bertz CT molecular complexity index is 857. The molecule has 0 saturated carbocycles. The van der Waals surface area contributed by atoms with Crippen LogP contribution >= 0.6 is 23.2 Å². The molecule has 0 aliphatic rings. The molecule has 0 heterocycles. The van der Waals surface area contributed by atoms with Gasteiger partial charge in [-0.3, -0.25) is 4.79 Å². The van der Waals surface area contributed by atoms with Crippen LogP contribution in [0.3, 0.4) is 0 Å². The summed E-state index contributed by atoms with van der Waals surface area (Å²) >= 11 is 11.8. The molecule has 0 atom stereocenters. The van der Waals surface area contributed by atoms with E-state index in [1.807, 2.05) is 6.07 Å². The lowest BCUT2D eigenvalue weighted by atomic mass is 10.1. The lowest BCUT2D eigenvalue weighted by Gasteiger charge is -2.07. The van der Waals surface area contributed by atoms with Crippen molar-refractivity contribution >= 4 is 40.9 Å². The summed E-state index contributed by atoms with van der Waals surface area (Å²) in [5.74, 6) is -0.445. The number of carbonyl (C=O) groups excluding carboxylic acids is 1. The lowest BCUT2D eigenvalue weighted by molar-refractivity contribution is -0.112. The van der Waals surface area contributed by atoms with E-state index in [0.29, 0.717) is 27.0 Å². The summed E-state index contributed by atoms with van der Waals surface area (Å²) in [7, 11) is 1.42. The van der Waals surface area contributed by atoms with Crippen molar-refractivity contribution in [2.24, 2.45) is 0 Å². The number of anilines is 1. The Morgan fingerprint density at radius 2 is 2.04 bits per heavy atom. The van der Waals surface area contributed by atoms with Crippen molar-refractivity contribution in [3.05, 3.63) is 57.6 Å². The van der Waals surface area contributed by atoms with Crippen LogP contribution in [0.15, 0.2) is 42.0 Å². The van der Waals surface area contributed by atoms with Gasteiger partial charge in [0.25, 0.3) is 5.91 Å². The van der Waals surface area contributed by atoms with E-state index in [0.717, 1.165) is 0 Å². The molecule has 1 amide bonds. The Balaban J connectivity index is 2.27. The molecule has 0 aliphatic carbocycles. The average Bonchev–Trinajstić information content (AvgIpc) is 2.56. The van der Waals surface area contributed by atoms with E-state index in [2.05, 4.69) is 5.32 Å². The van der Waals surface area contributed by atoms with Crippen LogP contribution in [0.5, 0.6) is 11.5 Å². The van der Waals surface area contributed by atoms with Crippen molar-refractivity contribution in [1.29, 1.82) is 5.26 Å². The number of phenols is 1. The summed E-state index contributed by atoms with van der Waals surface area (Å²) in [4.78, 5) is 12.2. The zero-order valence-corrected chi connectivity index (χ0v) is 14.0. The summed E-state index contributed by atoms with van der Waals surface area (Å²) in [6.45, 7) is 0. The van der Waals surface area contributed by atoms with Crippen molar-refractivity contribution in [3.63, 3.8) is 0 Å². The van der Waals surface area contributed by atoms with Crippen molar-refractivity contribution in [3.8, 4) is 17.6 Å². The maximum Gasteiger partial charge on any atom is 0.266 e. The number of ether oxygens (including phenoxy) is 1. The summed E-state index contributed by atoms with van der Waals surface area (Å²) in [5.41, 5.74) is 0.612. The van der Waals surface area contributed by atoms with Crippen molar-refractivity contribution in [2.45, 2.75) is 0 Å². The highest BCUT2D eigenvalue weighted by atomic mass is 35.5. The van der Waals surface area contributed by atoms with Crippen LogP contribution in [-0.2, 0) is 4.79 Å². The van der Waals surface area contributed by atoms with Gasteiger partial charge in [0, 0.05) is 5.02 Å². The molecule has 2 N–H and O–H groups in total. The number of hydrogen-bond acceptors (Lipinski definition) is 4. The quantitative estimate of drug-likeness (QED) is 0.628. The zero-order chi connectivity index (χ0) is 17.7. The maximum atomic E-state index is 12.2. The van der Waals surface area contributed by atoms with Crippen molar-refractivity contribution < 1.29 is 14.6 Å². The third kappa shape index (κ3) is 4.19. The van der Waals surface area contributed by atoms with Crippen LogP contribution in [0.1, 0.15) is 5.56 Å². The summed E-state index contributed by atoms with van der Waals surface area (Å²) in [6.07, 6.45) is 1.34. The summed E-state index contributed by atoms with van der Waals surface area (Å²) in [6, 6.07) is 10.9. The van der Waals surface area contributed by atoms with Crippen LogP contribution in [0.25, 0.3) is 6.08 Å². The molecule has 0 unspecified atom stereocenters. The predicted octanol–water partition coefficient (Wildman–Crippen LogP) is 4.25. The molecule has 0 spiro atoms.